The maximum atomic E-state index is 13.4. The number of benzene rings is 1. The van der Waals surface area contributed by atoms with Crippen molar-refractivity contribution in [3.8, 4) is 0 Å². The Morgan fingerprint density at radius 1 is 1.54 bits per heavy atom. The number of hydrogen-bond acceptors (Lipinski definition) is 5. The minimum atomic E-state index is -0.233. The average Bonchev–Trinajstić information content (AvgIpc) is 3.06. The lowest BCUT2D eigenvalue weighted by Crippen LogP contribution is -2.42. The first-order valence-electron chi connectivity index (χ1n) is 7.95. The molecule has 2 aromatic rings. The van der Waals surface area contributed by atoms with Gasteiger partial charge in [0.2, 0.25) is 0 Å². The van der Waals surface area contributed by atoms with Crippen LogP contribution in [0.4, 0.5) is 9.52 Å². The van der Waals surface area contributed by atoms with Gasteiger partial charge in [-0.25, -0.2) is 9.37 Å². The number of carbonyl (C=O) groups excluding carboxylic acids is 1. The van der Waals surface area contributed by atoms with Crippen LogP contribution in [0.1, 0.15) is 33.8 Å². The number of halogens is 1. The first kappa shape index (κ1) is 16.9. The van der Waals surface area contributed by atoms with E-state index in [0.29, 0.717) is 30.1 Å². The molecule has 0 bridgehead atoms. The number of hydrogen-bond donors (Lipinski definition) is 1. The van der Waals surface area contributed by atoms with E-state index in [9.17, 15) is 9.18 Å². The van der Waals surface area contributed by atoms with Crippen LogP contribution in [0.2, 0.25) is 0 Å². The highest BCUT2D eigenvalue weighted by Crippen LogP contribution is 2.26. The molecule has 0 spiro atoms. The molecule has 1 saturated heterocycles. The summed E-state index contributed by atoms with van der Waals surface area (Å²) in [6, 6.07) is 4.95. The topological polar surface area (TPSA) is 54.5 Å². The molecule has 1 amide bonds. The Bertz CT molecular complexity index is 734. The number of ether oxygens (including phenoxy) is 1. The molecule has 24 heavy (non-hydrogen) atoms. The Morgan fingerprint density at radius 2 is 2.38 bits per heavy atom. The molecule has 3 rings (SSSR count). The number of carbonyl (C=O) groups is 1. The lowest BCUT2D eigenvalue weighted by atomic mass is 10.0. The minimum Gasteiger partial charge on any atom is -0.370 e. The van der Waals surface area contributed by atoms with Gasteiger partial charge in [-0.1, -0.05) is 23.5 Å². The summed E-state index contributed by atoms with van der Waals surface area (Å²) in [4.78, 5) is 19.3. The fraction of sp³-hybridized carbons (Fsp3) is 0.412. The largest absolute Gasteiger partial charge is 0.370 e. The second kappa shape index (κ2) is 7.27. The first-order chi connectivity index (χ1) is 11.6. The predicted molar refractivity (Wildman–Crippen MR) is 92.0 cm³/mol. The van der Waals surface area contributed by atoms with E-state index in [2.05, 4.69) is 10.3 Å². The third-order valence-electron chi connectivity index (χ3n) is 3.95. The maximum absolute atomic E-state index is 13.4. The number of nitrogens with zero attached hydrogens (tertiary/aromatic N) is 2. The average molecular weight is 349 g/mol. The smallest absolute Gasteiger partial charge is 0.265 e. The Labute approximate surface area is 144 Å². The van der Waals surface area contributed by atoms with Crippen molar-refractivity contribution < 1.29 is 13.9 Å². The summed E-state index contributed by atoms with van der Waals surface area (Å²) in [5.41, 5.74) is 1.47. The highest BCUT2D eigenvalue weighted by molar-refractivity contribution is 7.17. The van der Waals surface area contributed by atoms with Gasteiger partial charge in [0.1, 0.15) is 16.8 Å². The number of anilines is 1. The van der Waals surface area contributed by atoms with Crippen molar-refractivity contribution in [3.05, 3.63) is 46.2 Å². The molecule has 0 saturated carbocycles. The molecule has 1 N–H and O–H groups in total. The van der Waals surface area contributed by atoms with Crippen molar-refractivity contribution in [1.82, 2.24) is 9.88 Å². The molecule has 2 heterocycles. The van der Waals surface area contributed by atoms with E-state index in [1.165, 1.54) is 17.4 Å². The second-order valence-corrected chi connectivity index (χ2v) is 6.71. The molecule has 1 aromatic heterocycles. The monoisotopic (exact) mass is 349 g/mol. The molecule has 1 aromatic carbocycles. The zero-order valence-electron chi connectivity index (χ0n) is 13.7. The van der Waals surface area contributed by atoms with E-state index in [0.717, 1.165) is 17.2 Å². The van der Waals surface area contributed by atoms with Crippen LogP contribution in [0.25, 0.3) is 0 Å². The molecule has 0 unspecified atom stereocenters. The van der Waals surface area contributed by atoms with Crippen LogP contribution in [0, 0.1) is 12.7 Å². The molecule has 5 nitrogen and oxygen atoms in total. The summed E-state index contributed by atoms with van der Waals surface area (Å²) in [7, 11) is 0. The maximum Gasteiger partial charge on any atom is 0.265 e. The Balaban J connectivity index is 1.72. The lowest BCUT2D eigenvalue weighted by molar-refractivity contribution is -0.0227. The summed E-state index contributed by atoms with van der Waals surface area (Å²) >= 11 is 1.36. The van der Waals surface area contributed by atoms with E-state index in [-0.39, 0.29) is 17.8 Å². The van der Waals surface area contributed by atoms with Crippen LogP contribution >= 0.6 is 11.3 Å². The fourth-order valence-electron chi connectivity index (χ4n) is 2.67. The van der Waals surface area contributed by atoms with Crippen molar-refractivity contribution >= 4 is 22.4 Å². The summed E-state index contributed by atoms with van der Waals surface area (Å²) < 4.78 is 19.2. The number of thiazole rings is 1. The van der Waals surface area contributed by atoms with Crippen LogP contribution in [0.15, 0.2) is 24.4 Å². The summed E-state index contributed by atoms with van der Waals surface area (Å²) in [5, 5.41) is 3.86. The van der Waals surface area contributed by atoms with Gasteiger partial charge in [-0.3, -0.25) is 4.79 Å². The van der Waals surface area contributed by atoms with Gasteiger partial charge in [-0.05, 0) is 31.0 Å². The number of aromatic nitrogens is 1. The highest BCUT2D eigenvalue weighted by atomic mass is 32.1. The SMILES string of the molecule is CCNc1ncc(C(=O)N2CCO[C@@H](c3ccc(F)c(C)c3)C2)s1. The highest BCUT2D eigenvalue weighted by Gasteiger charge is 2.27. The second-order valence-electron chi connectivity index (χ2n) is 5.68. The van der Waals surface area contributed by atoms with Crippen molar-refractivity contribution in [1.29, 1.82) is 0 Å². The first-order valence-corrected chi connectivity index (χ1v) is 8.76. The van der Waals surface area contributed by atoms with Gasteiger partial charge in [0.15, 0.2) is 5.13 Å². The van der Waals surface area contributed by atoms with Gasteiger partial charge in [-0.2, -0.15) is 0 Å². The zero-order chi connectivity index (χ0) is 17.1. The van der Waals surface area contributed by atoms with Gasteiger partial charge < -0.3 is 15.0 Å². The van der Waals surface area contributed by atoms with Gasteiger partial charge >= 0.3 is 0 Å². The predicted octanol–water partition coefficient (Wildman–Crippen LogP) is 3.24. The molecule has 1 fully saturated rings. The van der Waals surface area contributed by atoms with E-state index in [1.807, 2.05) is 6.92 Å². The molecule has 1 aliphatic heterocycles. The van der Waals surface area contributed by atoms with Crippen molar-refractivity contribution in [2.24, 2.45) is 0 Å². The Hall–Kier alpha value is -1.99. The Kier molecular flexibility index (Phi) is 5.11. The molecule has 1 aliphatic rings. The summed E-state index contributed by atoms with van der Waals surface area (Å²) in [6.45, 7) is 5.95. The lowest BCUT2D eigenvalue weighted by Gasteiger charge is -2.33. The third-order valence-corrected chi connectivity index (χ3v) is 4.89. The number of rotatable bonds is 4. The zero-order valence-corrected chi connectivity index (χ0v) is 14.5. The third kappa shape index (κ3) is 3.57. The quantitative estimate of drug-likeness (QED) is 0.921. The number of aryl methyl sites for hydroxylation is 1. The molecular weight excluding hydrogens is 329 g/mol. The standard InChI is InChI=1S/C17H20FN3O2S/c1-3-19-17-20-9-15(24-17)16(22)21-6-7-23-14(10-21)12-4-5-13(18)11(2)8-12/h4-5,8-9,14H,3,6-7,10H2,1-2H3,(H,19,20)/t14-/m1/s1. The van der Waals surface area contributed by atoms with Crippen LogP contribution in [0.5, 0.6) is 0 Å². The van der Waals surface area contributed by atoms with Crippen molar-refractivity contribution in [3.63, 3.8) is 0 Å². The summed E-state index contributed by atoms with van der Waals surface area (Å²) in [5.74, 6) is -0.271. The van der Waals surface area contributed by atoms with Crippen molar-refractivity contribution in [2.45, 2.75) is 20.0 Å². The molecule has 0 aliphatic carbocycles. The molecule has 0 radical (unpaired) electrons. The molecular formula is C17H20FN3O2S. The van der Waals surface area contributed by atoms with Crippen LogP contribution < -0.4 is 5.32 Å². The molecule has 7 heteroatoms. The number of morpholine rings is 1. The molecule has 1 atom stereocenters. The van der Waals surface area contributed by atoms with Gasteiger partial charge in [0.05, 0.1) is 19.3 Å². The molecule has 128 valence electrons. The fourth-order valence-corrected chi connectivity index (χ4v) is 3.52. The normalized spacial score (nSPS) is 17.8. The minimum absolute atomic E-state index is 0.0382. The summed E-state index contributed by atoms with van der Waals surface area (Å²) in [6.07, 6.45) is 1.38. The van der Waals surface area contributed by atoms with Gasteiger partial charge in [-0.15, -0.1) is 0 Å². The Morgan fingerprint density at radius 3 is 3.12 bits per heavy atom. The van der Waals surface area contributed by atoms with Crippen LogP contribution in [-0.4, -0.2) is 42.0 Å². The van der Waals surface area contributed by atoms with E-state index in [4.69, 9.17) is 4.74 Å². The van der Waals surface area contributed by atoms with E-state index >= 15 is 0 Å². The van der Waals surface area contributed by atoms with Gasteiger partial charge in [0, 0.05) is 13.1 Å². The van der Waals surface area contributed by atoms with Crippen molar-refractivity contribution in [2.75, 3.05) is 31.6 Å². The van der Waals surface area contributed by atoms with E-state index in [1.54, 1.807) is 30.2 Å². The number of amides is 1. The number of nitrogens with one attached hydrogen (secondary N) is 1. The van der Waals surface area contributed by atoms with Crippen LogP contribution in [0.3, 0.4) is 0 Å². The van der Waals surface area contributed by atoms with Gasteiger partial charge in [0.25, 0.3) is 5.91 Å². The van der Waals surface area contributed by atoms with E-state index < -0.39 is 0 Å². The van der Waals surface area contributed by atoms with Crippen LogP contribution in [-0.2, 0) is 4.74 Å².